The average molecular weight is 447 g/mol. The Hall–Kier alpha value is -1.40. The molecular formula is C22H39O7P. The lowest BCUT2D eigenvalue weighted by Crippen LogP contribution is -1.99. The molecule has 1 aromatic rings. The molecule has 0 radical (unpaired) electrons. The first-order chi connectivity index (χ1) is 14.3. The van der Waals surface area contributed by atoms with Crippen LogP contribution in [0.1, 0.15) is 94.3 Å². The number of phenolic OH excluding ortho intramolecular Hbond substituents is 1. The van der Waals surface area contributed by atoms with Crippen LogP contribution in [0.25, 0.3) is 0 Å². The highest BCUT2D eigenvalue weighted by atomic mass is 31.2. The number of phenols is 1. The van der Waals surface area contributed by atoms with Crippen molar-refractivity contribution in [3.05, 3.63) is 29.8 Å². The van der Waals surface area contributed by atoms with Crippen LogP contribution in [0.5, 0.6) is 5.75 Å². The zero-order valence-electron chi connectivity index (χ0n) is 18.4. The molecule has 174 valence electrons. The Morgan fingerprint density at radius 3 is 1.67 bits per heavy atom. The second kappa shape index (κ2) is 18.4. The first kappa shape index (κ1) is 28.6. The fourth-order valence-corrected chi connectivity index (χ4v) is 3.21. The van der Waals surface area contributed by atoms with Gasteiger partial charge in [-0.2, -0.15) is 0 Å². The van der Waals surface area contributed by atoms with Gasteiger partial charge in [0.25, 0.3) is 0 Å². The highest BCUT2D eigenvalue weighted by molar-refractivity contribution is 7.46. The quantitative estimate of drug-likeness (QED) is 0.173. The third-order valence-corrected chi connectivity index (χ3v) is 5.06. The standard InChI is InChI=1S/C14H31O4P.C8H8O3/c1-2-3-4-5-6-7-8-9-10-11-12-13-14-18-19(15,16)17;1-11-8(10)6-2-4-7(9)5-3-6/h2-14H2,1H3,(H2,15,16,17);2-5,9H,1H3. The number of phosphoric acid groups is 1. The van der Waals surface area contributed by atoms with Crippen LogP contribution in [0.4, 0.5) is 0 Å². The maximum absolute atomic E-state index is 10.8. The van der Waals surface area contributed by atoms with Crippen LogP contribution in [-0.4, -0.2) is 34.6 Å². The van der Waals surface area contributed by atoms with E-state index in [0.717, 1.165) is 19.3 Å². The molecule has 0 aliphatic rings. The lowest BCUT2D eigenvalue weighted by Gasteiger charge is -2.05. The molecule has 1 rings (SSSR count). The summed E-state index contributed by atoms with van der Waals surface area (Å²) in [6.07, 6.45) is 14.9. The fourth-order valence-electron chi connectivity index (χ4n) is 2.84. The molecule has 0 spiro atoms. The molecule has 0 saturated heterocycles. The van der Waals surface area contributed by atoms with Gasteiger partial charge in [-0.1, -0.05) is 77.6 Å². The zero-order chi connectivity index (χ0) is 22.7. The highest BCUT2D eigenvalue weighted by Crippen LogP contribution is 2.35. The van der Waals surface area contributed by atoms with E-state index in [0.29, 0.717) is 5.56 Å². The predicted octanol–water partition coefficient (Wildman–Crippen LogP) is 5.98. The van der Waals surface area contributed by atoms with Gasteiger partial charge in [-0.3, -0.25) is 4.52 Å². The van der Waals surface area contributed by atoms with Crippen molar-refractivity contribution in [2.45, 2.75) is 84.0 Å². The van der Waals surface area contributed by atoms with E-state index in [1.165, 1.54) is 89.2 Å². The summed E-state index contributed by atoms with van der Waals surface area (Å²) in [5.74, 6) is -0.261. The second-order valence-electron chi connectivity index (χ2n) is 7.25. The lowest BCUT2D eigenvalue weighted by molar-refractivity contribution is 0.0600. The normalized spacial score (nSPS) is 10.9. The Morgan fingerprint density at radius 2 is 1.27 bits per heavy atom. The van der Waals surface area contributed by atoms with Gasteiger partial charge in [-0.25, -0.2) is 9.36 Å². The number of carbonyl (C=O) groups is 1. The Labute approximate surface area is 181 Å². The molecule has 30 heavy (non-hydrogen) atoms. The van der Waals surface area contributed by atoms with Crippen molar-refractivity contribution in [1.29, 1.82) is 0 Å². The Morgan fingerprint density at radius 1 is 0.833 bits per heavy atom. The molecule has 0 aliphatic heterocycles. The number of ether oxygens (including phenoxy) is 1. The minimum absolute atomic E-state index is 0.137. The van der Waals surface area contributed by atoms with E-state index >= 15 is 0 Å². The number of hydrogen-bond donors (Lipinski definition) is 3. The van der Waals surface area contributed by atoms with E-state index in [1.54, 1.807) is 0 Å². The van der Waals surface area contributed by atoms with E-state index < -0.39 is 13.8 Å². The number of phosphoric ester groups is 1. The molecule has 0 unspecified atom stereocenters. The molecule has 3 N–H and O–H groups in total. The number of rotatable bonds is 15. The van der Waals surface area contributed by atoms with Crippen molar-refractivity contribution in [3.63, 3.8) is 0 Å². The lowest BCUT2D eigenvalue weighted by atomic mass is 10.1. The van der Waals surface area contributed by atoms with Crippen molar-refractivity contribution in [2.24, 2.45) is 0 Å². The van der Waals surface area contributed by atoms with Crippen LogP contribution in [-0.2, 0) is 13.8 Å². The minimum Gasteiger partial charge on any atom is -0.508 e. The van der Waals surface area contributed by atoms with E-state index in [4.69, 9.17) is 14.9 Å². The van der Waals surface area contributed by atoms with Gasteiger partial charge in [0.15, 0.2) is 0 Å². The summed E-state index contributed by atoms with van der Waals surface area (Å²) in [4.78, 5) is 27.8. The van der Waals surface area contributed by atoms with Gasteiger partial charge in [0, 0.05) is 0 Å². The molecule has 0 atom stereocenters. The number of benzene rings is 1. The van der Waals surface area contributed by atoms with Crippen molar-refractivity contribution < 1.29 is 33.5 Å². The third kappa shape index (κ3) is 18.6. The van der Waals surface area contributed by atoms with Gasteiger partial charge >= 0.3 is 13.8 Å². The van der Waals surface area contributed by atoms with Gasteiger partial charge in [0.1, 0.15) is 5.75 Å². The molecule has 0 amide bonds. The Kier molecular flexibility index (Phi) is 17.5. The van der Waals surface area contributed by atoms with Crippen molar-refractivity contribution >= 4 is 13.8 Å². The van der Waals surface area contributed by atoms with Gasteiger partial charge in [-0.15, -0.1) is 0 Å². The number of unbranched alkanes of at least 4 members (excludes halogenated alkanes) is 11. The van der Waals surface area contributed by atoms with Gasteiger partial charge in [0.05, 0.1) is 19.3 Å². The smallest absolute Gasteiger partial charge is 0.469 e. The summed E-state index contributed by atoms with van der Waals surface area (Å²) in [5, 5.41) is 8.86. The number of carbonyl (C=O) groups excluding carboxylic acids is 1. The summed E-state index contributed by atoms with van der Waals surface area (Å²) in [6, 6.07) is 5.88. The topological polar surface area (TPSA) is 113 Å². The molecular weight excluding hydrogens is 407 g/mol. The second-order valence-corrected chi connectivity index (χ2v) is 8.49. The SMILES string of the molecule is CCCCCCCCCCCCCCOP(=O)(O)O.COC(=O)c1ccc(O)cc1. The Balaban J connectivity index is 0.000000642. The van der Waals surface area contributed by atoms with E-state index in [1.807, 2.05) is 0 Å². The first-order valence-corrected chi connectivity index (χ1v) is 12.4. The van der Waals surface area contributed by atoms with Crippen LogP contribution in [0.15, 0.2) is 24.3 Å². The van der Waals surface area contributed by atoms with E-state index in [9.17, 15) is 9.36 Å². The summed E-state index contributed by atoms with van der Waals surface area (Å²) in [6.45, 7) is 2.41. The van der Waals surface area contributed by atoms with E-state index in [2.05, 4.69) is 16.2 Å². The van der Waals surface area contributed by atoms with Crippen LogP contribution in [0.2, 0.25) is 0 Å². The van der Waals surface area contributed by atoms with Gasteiger partial charge in [0.2, 0.25) is 0 Å². The summed E-state index contributed by atoms with van der Waals surface area (Å²) < 4.78 is 19.2. The largest absolute Gasteiger partial charge is 0.508 e. The highest BCUT2D eigenvalue weighted by Gasteiger charge is 2.12. The van der Waals surface area contributed by atoms with Crippen molar-refractivity contribution in [2.75, 3.05) is 13.7 Å². The molecule has 0 aliphatic carbocycles. The molecule has 0 saturated carbocycles. The molecule has 0 aromatic heterocycles. The molecule has 0 fully saturated rings. The van der Waals surface area contributed by atoms with Crippen LogP contribution in [0.3, 0.4) is 0 Å². The van der Waals surface area contributed by atoms with Crippen molar-refractivity contribution in [3.8, 4) is 5.75 Å². The molecule has 7 nitrogen and oxygen atoms in total. The molecule has 1 aromatic carbocycles. The fraction of sp³-hybridized carbons (Fsp3) is 0.682. The van der Waals surface area contributed by atoms with Crippen LogP contribution in [0, 0.1) is 0 Å². The zero-order valence-corrected chi connectivity index (χ0v) is 19.3. The molecule has 0 bridgehead atoms. The van der Waals surface area contributed by atoms with Crippen LogP contribution < -0.4 is 0 Å². The molecule has 0 heterocycles. The van der Waals surface area contributed by atoms with Gasteiger partial charge in [-0.05, 0) is 30.7 Å². The van der Waals surface area contributed by atoms with Gasteiger partial charge < -0.3 is 19.6 Å². The maximum atomic E-state index is 10.8. The number of esters is 1. The Bertz CT molecular complexity index is 584. The van der Waals surface area contributed by atoms with Crippen molar-refractivity contribution in [1.82, 2.24) is 0 Å². The summed E-state index contributed by atoms with van der Waals surface area (Å²) in [5.41, 5.74) is 0.435. The third-order valence-electron chi connectivity index (χ3n) is 4.55. The minimum atomic E-state index is -4.25. The maximum Gasteiger partial charge on any atom is 0.469 e. The average Bonchev–Trinajstić information content (AvgIpc) is 2.71. The monoisotopic (exact) mass is 446 g/mol. The van der Waals surface area contributed by atoms with Crippen LogP contribution >= 0.6 is 7.82 Å². The molecule has 8 heteroatoms. The number of hydrogen-bond acceptors (Lipinski definition) is 5. The number of aromatic hydroxyl groups is 1. The first-order valence-electron chi connectivity index (χ1n) is 10.9. The number of methoxy groups -OCH3 is 1. The summed E-state index contributed by atoms with van der Waals surface area (Å²) in [7, 11) is -2.93. The summed E-state index contributed by atoms with van der Waals surface area (Å²) >= 11 is 0. The predicted molar refractivity (Wildman–Crippen MR) is 119 cm³/mol. The van der Waals surface area contributed by atoms with E-state index in [-0.39, 0.29) is 12.4 Å².